The van der Waals surface area contributed by atoms with Gasteiger partial charge in [-0.25, -0.2) is 0 Å². The predicted octanol–water partition coefficient (Wildman–Crippen LogP) is 6.03. The molecule has 0 heterocycles. The molecular weight excluding hydrogens is 388 g/mol. The Morgan fingerprint density at radius 1 is 0.839 bits per heavy atom. The number of ketones is 2. The van der Waals surface area contributed by atoms with E-state index in [0.29, 0.717) is 41.7 Å². The van der Waals surface area contributed by atoms with E-state index >= 15 is 0 Å². The van der Waals surface area contributed by atoms with Crippen molar-refractivity contribution in [3.63, 3.8) is 0 Å². The Balaban J connectivity index is 1.62. The number of hydrogen-bond donors (Lipinski definition) is 0. The quantitative estimate of drug-likeness (QED) is 0.297. The Morgan fingerprint density at radius 3 is 2.16 bits per heavy atom. The summed E-state index contributed by atoms with van der Waals surface area (Å²) in [5, 5.41) is 0. The lowest BCUT2D eigenvalue weighted by atomic mass is 9.76. The molecule has 0 radical (unpaired) electrons. The summed E-state index contributed by atoms with van der Waals surface area (Å²) in [5.74, 6) is -0.346. The fourth-order valence-electron chi connectivity index (χ4n) is 4.13. The Morgan fingerprint density at radius 2 is 1.48 bits per heavy atom. The third kappa shape index (κ3) is 5.30. The molecule has 0 saturated carbocycles. The topological polar surface area (TPSA) is 60.4 Å². The largest absolute Gasteiger partial charge is 0.466 e. The van der Waals surface area contributed by atoms with Gasteiger partial charge in [0, 0.05) is 28.7 Å². The van der Waals surface area contributed by atoms with E-state index < -0.39 is 0 Å². The van der Waals surface area contributed by atoms with E-state index in [4.69, 9.17) is 4.74 Å². The summed E-state index contributed by atoms with van der Waals surface area (Å²) >= 11 is 0. The molecule has 2 aromatic rings. The lowest BCUT2D eigenvalue weighted by molar-refractivity contribution is -0.143. The minimum absolute atomic E-state index is 0.101. The number of esters is 1. The van der Waals surface area contributed by atoms with E-state index in [0.717, 1.165) is 31.2 Å². The van der Waals surface area contributed by atoms with Gasteiger partial charge in [-0.15, -0.1) is 0 Å². The summed E-state index contributed by atoms with van der Waals surface area (Å²) in [6, 6.07) is 12.5. The Hall–Kier alpha value is -2.75. The highest BCUT2D eigenvalue weighted by Crippen LogP contribution is 2.34. The summed E-state index contributed by atoms with van der Waals surface area (Å²) in [4.78, 5) is 37.8. The van der Waals surface area contributed by atoms with Crippen LogP contribution in [0, 0.1) is 0 Å². The van der Waals surface area contributed by atoms with E-state index in [9.17, 15) is 14.4 Å². The van der Waals surface area contributed by atoms with Crippen LogP contribution in [0.3, 0.4) is 0 Å². The summed E-state index contributed by atoms with van der Waals surface area (Å²) < 4.78 is 5.32. The van der Waals surface area contributed by atoms with E-state index in [1.165, 1.54) is 6.42 Å². The zero-order chi connectivity index (χ0) is 22.4. The van der Waals surface area contributed by atoms with Gasteiger partial charge in [-0.05, 0) is 42.4 Å². The minimum Gasteiger partial charge on any atom is -0.466 e. The van der Waals surface area contributed by atoms with Crippen molar-refractivity contribution in [2.45, 2.75) is 71.1 Å². The number of carbonyl (C=O) groups is 3. The number of carbonyl (C=O) groups excluding carboxylic acids is 3. The molecule has 3 rings (SSSR count). The molecule has 164 valence electrons. The maximum Gasteiger partial charge on any atom is 0.305 e. The van der Waals surface area contributed by atoms with Crippen molar-refractivity contribution in [3.8, 4) is 0 Å². The number of benzene rings is 2. The minimum atomic E-state index is -0.225. The molecule has 0 N–H and O–H groups in total. The van der Waals surface area contributed by atoms with Crippen molar-refractivity contribution in [1.82, 2.24) is 0 Å². The van der Waals surface area contributed by atoms with Crippen molar-refractivity contribution >= 4 is 17.5 Å². The third-order valence-corrected chi connectivity index (χ3v) is 6.15. The third-order valence-electron chi connectivity index (χ3n) is 6.15. The van der Waals surface area contributed by atoms with Crippen LogP contribution in [0.25, 0.3) is 0 Å². The Bertz CT molecular complexity index is 971. The van der Waals surface area contributed by atoms with Crippen molar-refractivity contribution in [2.24, 2.45) is 0 Å². The standard InChI is InChI=1S/C27H32O4/c1-4-5-6-9-17-31-24(28)13-10-16-27(2,3)19-14-15-22-23(18-19)26(30)21-12-8-7-11-20(21)25(22)29/h7-8,11-12,14-15,18H,4-6,9-10,13,16-17H2,1-3H3. The normalized spacial score (nSPS) is 13.0. The van der Waals surface area contributed by atoms with Crippen molar-refractivity contribution in [3.05, 3.63) is 70.3 Å². The molecule has 1 aliphatic carbocycles. The van der Waals surface area contributed by atoms with Gasteiger partial charge in [-0.2, -0.15) is 0 Å². The summed E-state index contributed by atoms with van der Waals surface area (Å²) in [5.41, 5.74) is 2.66. The van der Waals surface area contributed by atoms with Gasteiger partial charge >= 0.3 is 5.97 Å². The summed E-state index contributed by atoms with van der Waals surface area (Å²) in [6.07, 6.45) is 6.26. The van der Waals surface area contributed by atoms with Gasteiger partial charge in [0.1, 0.15) is 0 Å². The van der Waals surface area contributed by atoms with Gasteiger partial charge in [0.2, 0.25) is 0 Å². The lowest BCUT2D eigenvalue weighted by Crippen LogP contribution is -2.23. The van der Waals surface area contributed by atoms with Gasteiger partial charge < -0.3 is 4.74 Å². The first-order chi connectivity index (χ1) is 14.8. The first-order valence-corrected chi connectivity index (χ1v) is 11.3. The lowest BCUT2D eigenvalue weighted by Gasteiger charge is -2.27. The average molecular weight is 421 g/mol. The van der Waals surface area contributed by atoms with Crippen LogP contribution < -0.4 is 0 Å². The van der Waals surface area contributed by atoms with Crippen LogP contribution in [-0.4, -0.2) is 24.1 Å². The molecule has 1 aliphatic rings. The molecule has 4 nitrogen and oxygen atoms in total. The molecule has 0 unspecified atom stereocenters. The fraction of sp³-hybridized carbons (Fsp3) is 0.444. The van der Waals surface area contributed by atoms with Crippen LogP contribution in [0.4, 0.5) is 0 Å². The zero-order valence-corrected chi connectivity index (χ0v) is 18.8. The highest BCUT2D eigenvalue weighted by atomic mass is 16.5. The van der Waals surface area contributed by atoms with Crippen molar-refractivity contribution < 1.29 is 19.1 Å². The molecule has 0 amide bonds. The van der Waals surface area contributed by atoms with E-state index in [1.54, 1.807) is 30.3 Å². The van der Waals surface area contributed by atoms with Crippen molar-refractivity contribution in [1.29, 1.82) is 0 Å². The molecule has 0 saturated heterocycles. The Kier molecular flexibility index (Phi) is 7.42. The van der Waals surface area contributed by atoms with Crippen LogP contribution in [0.15, 0.2) is 42.5 Å². The molecule has 2 aromatic carbocycles. The number of fused-ring (bicyclic) bond motifs is 2. The fourth-order valence-corrected chi connectivity index (χ4v) is 4.13. The van der Waals surface area contributed by atoms with Gasteiger partial charge in [-0.3, -0.25) is 14.4 Å². The van der Waals surface area contributed by atoms with E-state index in [-0.39, 0.29) is 23.0 Å². The first kappa shape index (κ1) is 22.9. The molecule has 0 atom stereocenters. The first-order valence-electron chi connectivity index (χ1n) is 11.3. The second kappa shape index (κ2) is 10.0. The van der Waals surface area contributed by atoms with Gasteiger partial charge in [0.05, 0.1) is 6.61 Å². The number of unbranched alkanes of at least 4 members (excludes halogenated alkanes) is 3. The van der Waals surface area contributed by atoms with E-state index in [2.05, 4.69) is 20.8 Å². The number of hydrogen-bond acceptors (Lipinski definition) is 4. The van der Waals surface area contributed by atoms with Crippen LogP contribution >= 0.6 is 0 Å². The monoisotopic (exact) mass is 420 g/mol. The maximum atomic E-state index is 13.0. The highest BCUT2D eigenvalue weighted by Gasteiger charge is 2.31. The summed E-state index contributed by atoms with van der Waals surface area (Å²) in [7, 11) is 0. The van der Waals surface area contributed by atoms with Crippen LogP contribution in [-0.2, 0) is 14.9 Å². The molecule has 0 aliphatic heterocycles. The second-order valence-electron chi connectivity index (χ2n) is 8.98. The zero-order valence-electron chi connectivity index (χ0n) is 18.8. The summed E-state index contributed by atoms with van der Waals surface area (Å²) in [6.45, 7) is 6.87. The van der Waals surface area contributed by atoms with Crippen LogP contribution in [0.1, 0.15) is 103 Å². The van der Waals surface area contributed by atoms with E-state index in [1.807, 2.05) is 12.1 Å². The molecule has 0 spiro atoms. The van der Waals surface area contributed by atoms with Crippen LogP contribution in [0.5, 0.6) is 0 Å². The maximum absolute atomic E-state index is 13.0. The molecule has 0 fully saturated rings. The molecule has 4 heteroatoms. The molecule has 0 bridgehead atoms. The second-order valence-corrected chi connectivity index (χ2v) is 8.98. The molecule has 0 aromatic heterocycles. The number of ether oxygens (including phenoxy) is 1. The van der Waals surface area contributed by atoms with Gasteiger partial charge in [-0.1, -0.05) is 70.4 Å². The predicted molar refractivity (Wildman–Crippen MR) is 122 cm³/mol. The Labute approximate surface area is 185 Å². The average Bonchev–Trinajstić information content (AvgIpc) is 2.77. The van der Waals surface area contributed by atoms with Crippen molar-refractivity contribution in [2.75, 3.05) is 6.61 Å². The molecule has 31 heavy (non-hydrogen) atoms. The highest BCUT2D eigenvalue weighted by molar-refractivity contribution is 6.28. The SMILES string of the molecule is CCCCCCOC(=O)CCCC(C)(C)c1ccc2c(c1)C(=O)c1ccccc1C2=O. The number of rotatable bonds is 10. The van der Waals surface area contributed by atoms with Gasteiger partial charge in [0.15, 0.2) is 11.6 Å². The molecular formula is C27H32O4. The van der Waals surface area contributed by atoms with Crippen LogP contribution in [0.2, 0.25) is 0 Å². The van der Waals surface area contributed by atoms with Gasteiger partial charge in [0.25, 0.3) is 0 Å². The smallest absolute Gasteiger partial charge is 0.305 e.